The van der Waals surface area contributed by atoms with E-state index in [0.717, 1.165) is 48.3 Å². The van der Waals surface area contributed by atoms with Gasteiger partial charge in [-0.25, -0.2) is 0 Å². The number of nitrogens with one attached hydrogen (secondary N) is 2. The molecule has 2 aromatic rings. The fourth-order valence-corrected chi connectivity index (χ4v) is 3.57. The summed E-state index contributed by atoms with van der Waals surface area (Å²) in [7, 11) is 3.48. The Bertz CT molecular complexity index is 839. The number of nitrogens with zero attached hydrogens (tertiary/aromatic N) is 4. The molecule has 0 radical (unpaired) electrons. The van der Waals surface area contributed by atoms with Gasteiger partial charge in [0.25, 0.3) is 0 Å². The topological polar surface area (TPSA) is 85.6 Å². The summed E-state index contributed by atoms with van der Waals surface area (Å²) in [5, 5.41) is 15.5. The molecule has 0 amide bonds. The highest BCUT2D eigenvalue weighted by atomic mass is 127. The zero-order chi connectivity index (χ0) is 21.2. The minimum Gasteiger partial charge on any atom is -0.493 e. The largest absolute Gasteiger partial charge is 0.493 e. The average molecular weight is 542 g/mol. The van der Waals surface area contributed by atoms with Gasteiger partial charge in [0.05, 0.1) is 13.2 Å². The number of aliphatic imine (C=N–C) groups is 1. The fraction of sp³-hybridized carbons (Fsp3) is 0.591. The van der Waals surface area contributed by atoms with E-state index in [2.05, 4.69) is 55.5 Å². The van der Waals surface area contributed by atoms with Crippen LogP contribution in [0.3, 0.4) is 0 Å². The first-order chi connectivity index (χ1) is 14.7. The molecule has 2 N–H and O–H groups in total. The van der Waals surface area contributed by atoms with Crippen molar-refractivity contribution in [2.75, 3.05) is 27.4 Å². The second kappa shape index (κ2) is 13.5. The molecule has 0 atom stereocenters. The first kappa shape index (κ1) is 25.4. The smallest absolute Gasteiger partial charge is 0.191 e. The van der Waals surface area contributed by atoms with E-state index in [1.807, 2.05) is 0 Å². The molecule has 0 spiro atoms. The number of rotatable bonds is 9. The lowest BCUT2D eigenvalue weighted by Gasteiger charge is -2.16. The molecule has 9 heteroatoms. The standard InChI is InChI=1S/C22H34N6O2.HI/c1-17-9-10-18(19(14-17)30-13-7-12-29-3)15-24-22(23-2)25-16-21-27-26-20-8-5-4-6-11-28(20)21;/h9-10,14H,4-8,11-13,15-16H2,1-3H3,(H2,23,24,25);1H. The fourth-order valence-electron chi connectivity index (χ4n) is 3.57. The number of hydrogen-bond donors (Lipinski definition) is 2. The number of fused-ring (bicyclic) bond motifs is 1. The molecule has 2 heterocycles. The monoisotopic (exact) mass is 542 g/mol. The van der Waals surface area contributed by atoms with Gasteiger partial charge in [-0.05, 0) is 31.4 Å². The van der Waals surface area contributed by atoms with Crippen molar-refractivity contribution in [1.29, 1.82) is 0 Å². The Balaban J connectivity index is 0.00000341. The zero-order valence-corrected chi connectivity index (χ0v) is 21.1. The Hall–Kier alpha value is -1.88. The molecule has 0 aliphatic carbocycles. The predicted octanol–water partition coefficient (Wildman–Crippen LogP) is 3.21. The number of guanidine groups is 1. The second-order valence-corrected chi connectivity index (χ2v) is 7.58. The summed E-state index contributed by atoms with van der Waals surface area (Å²) in [6.07, 6.45) is 5.52. The normalized spacial score (nSPS) is 13.7. The highest BCUT2D eigenvalue weighted by Gasteiger charge is 2.15. The molecule has 31 heavy (non-hydrogen) atoms. The molecule has 0 bridgehead atoms. The van der Waals surface area contributed by atoms with E-state index in [0.29, 0.717) is 26.3 Å². The number of benzene rings is 1. The summed E-state index contributed by atoms with van der Waals surface area (Å²) in [5.74, 6) is 3.69. The molecule has 3 rings (SSSR count). The third-order valence-electron chi connectivity index (χ3n) is 5.24. The van der Waals surface area contributed by atoms with Crippen LogP contribution in [0.25, 0.3) is 0 Å². The van der Waals surface area contributed by atoms with Gasteiger partial charge < -0.3 is 24.7 Å². The number of aromatic nitrogens is 3. The highest BCUT2D eigenvalue weighted by Crippen LogP contribution is 2.20. The minimum absolute atomic E-state index is 0. The SMILES string of the molecule is CN=C(NCc1ccc(C)cc1OCCCOC)NCc1nnc2n1CCCCC2.I. The molecule has 0 saturated heterocycles. The maximum atomic E-state index is 5.98. The van der Waals surface area contributed by atoms with Crippen LogP contribution in [0, 0.1) is 6.92 Å². The first-order valence-electron chi connectivity index (χ1n) is 10.8. The van der Waals surface area contributed by atoms with Crippen LogP contribution < -0.4 is 15.4 Å². The lowest BCUT2D eigenvalue weighted by molar-refractivity contribution is 0.171. The van der Waals surface area contributed by atoms with Gasteiger partial charge in [-0.1, -0.05) is 18.6 Å². The van der Waals surface area contributed by atoms with Crippen LogP contribution in [0.4, 0.5) is 0 Å². The van der Waals surface area contributed by atoms with E-state index < -0.39 is 0 Å². The molecular weight excluding hydrogens is 507 g/mol. The predicted molar refractivity (Wildman–Crippen MR) is 133 cm³/mol. The van der Waals surface area contributed by atoms with Crippen molar-refractivity contribution in [3.63, 3.8) is 0 Å². The van der Waals surface area contributed by atoms with E-state index in [9.17, 15) is 0 Å². The maximum absolute atomic E-state index is 5.98. The molecular formula is C22H35IN6O2. The highest BCUT2D eigenvalue weighted by molar-refractivity contribution is 14.0. The lowest BCUT2D eigenvalue weighted by atomic mass is 10.1. The molecule has 1 aliphatic heterocycles. The van der Waals surface area contributed by atoms with Crippen molar-refractivity contribution in [2.24, 2.45) is 4.99 Å². The Morgan fingerprint density at radius 3 is 2.77 bits per heavy atom. The maximum Gasteiger partial charge on any atom is 0.191 e. The number of halogens is 1. The first-order valence-corrected chi connectivity index (χ1v) is 10.8. The summed E-state index contributed by atoms with van der Waals surface area (Å²) < 4.78 is 13.3. The molecule has 1 aromatic carbocycles. The van der Waals surface area contributed by atoms with Gasteiger partial charge in [0.15, 0.2) is 11.8 Å². The summed E-state index contributed by atoms with van der Waals surface area (Å²) in [4.78, 5) is 4.35. The van der Waals surface area contributed by atoms with E-state index in [1.165, 1.54) is 24.8 Å². The van der Waals surface area contributed by atoms with Crippen molar-refractivity contribution in [3.05, 3.63) is 41.0 Å². The van der Waals surface area contributed by atoms with Crippen LogP contribution in [0.2, 0.25) is 0 Å². The Morgan fingerprint density at radius 2 is 1.97 bits per heavy atom. The molecule has 172 valence electrons. The summed E-state index contributed by atoms with van der Waals surface area (Å²) in [6, 6.07) is 6.27. The van der Waals surface area contributed by atoms with Crippen molar-refractivity contribution < 1.29 is 9.47 Å². The molecule has 8 nitrogen and oxygen atoms in total. The second-order valence-electron chi connectivity index (χ2n) is 7.58. The molecule has 0 fully saturated rings. The molecule has 0 saturated carbocycles. The van der Waals surface area contributed by atoms with Crippen LogP contribution in [0.1, 0.15) is 48.5 Å². The van der Waals surface area contributed by atoms with Crippen LogP contribution >= 0.6 is 24.0 Å². The molecule has 0 unspecified atom stereocenters. The summed E-state index contributed by atoms with van der Waals surface area (Å²) >= 11 is 0. The summed E-state index contributed by atoms with van der Waals surface area (Å²) in [6.45, 7) is 5.62. The zero-order valence-electron chi connectivity index (χ0n) is 18.8. The van der Waals surface area contributed by atoms with Crippen LogP contribution in [0.5, 0.6) is 5.75 Å². The van der Waals surface area contributed by atoms with Crippen molar-refractivity contribution in [1.82, 2.24) is 25.4 Å². The minimum atomic E-state index is 0. The van der Waals surface area contributed by atoms with Crippen LogP contribution in [-0.2, 0) is 30.8 Å². The Morgan fingerprint density at radius 1 is 1.13 bits per heavy atom. The van der Waals surface area contributed by atoms with Crippen LogP contribution in [-0.4, -0.2) is 48.1 Å². The molecule has 1 aliphatic rings. The number of aryl methyl sites for hydroxylation is 2. The van der Waals surface area contributed by atoms with E-state index >= 15 is 0 Å². The van der Waals surface area contributed by atoms with E-state index in [1.54, 1.807) is 14.2 Å². The van der Waals surface area contributed by atoms with Gasteiger partial charge in [-0.2, -0.15) is 0 Å². The number of ether oxygens (including phenoxy) is 2. The van der Waals surface area contributed by atoms with Crippen molar-refractivity contribution in [2.45, 2.75) is 58.7 Å². The number of hydrogen-bond acceptors (Lipinski definition) is 5. The van der Waals surface area contributed by atoms with Gasteiger partial charge in [-0.3, -0.25) is 4.99 Å². The summed E-state index contributed by atoms with van der Waals surface area (Å²) in [5.41, 5.74) is 2.27. The van der Waals surface area contributed by atoms with Gasteiger partial charge in [0, 0.05) is 52.3 Å². The molecule has 1 aromatic heterocycles. The van der Waals surface area contributed by atoms with Crippen LogP contribution in [0.15, 0.2) is 23.2 Å². The third kappa shape index (κ3) is 7.64. The van der Waals surface area contributed by atoms with E-state index in [-0.39, 0.29) is 24.0 Å². The Kier molecular flexibility index (Phi) is 11.1. The lowest BCUT2D eigenvalue weighted by Crippen LogP contribution is -2.37. The van der Waals surface area contributed by atoms with Gasteiger partial charge in [0.1, 0.15) is 11.6 Å². The van der Waals surface area contributed by atoms with Gasteiger partial charge in [-0.15, -0.1) is 34.2 Å². The van der Waals surface area contributed by atoms with Crippen molar-refractivity contribution >= 4 is 29.9 Å². The van der Waals surface area contributed by atoms with Crippen molar-refractivity contribution in [3.8, 4) is 5.75 Å². The van der Waals surface area contributed by atoms with Gasteiger partial charge in [0.2, 0.25) is 0 Å². The third-order valence-corrected chi connectivity index (χ3v) is 5.24. The quantitative estimate of drug-likeness (QED) is 0.219. The van der Waals surface area contributed by atoms with E-state index in [4.69, 9.17) is 9.47 Å². The average Bonchev–Trinajstić information content (AvgIpc) is 2.98. The Labute approximate surface area is 202 Å². The van der Waals surface area contributed by atoms with Gasteiger partial charge >= 0.3 is 0 Å². The number of methoxy groups -OCH3 is 1.